The van der Waals surface area contributed by atoms with E-state index in [9.17, 15) is 0 Å². The third-order valence-corrected chi connectivity index (χ3v) is 4.95. The molecule has 1 aliphatic rings. The van der Waals surface area contributed by atoms with Gasteiger partial charge in [0.1, 0.15) is 5.75 Å². The monoisotopic (exact) mass is 382 g/mol. The van der Waals surface area contributed by atoms with E-state index in [1.165, 1.54) is 11.3 Å². The molecule has 0 saturated carbocycles. The van der Waals surface area contributed by atoms with Gasteiger partial charge in [-0.15, -0.1) is 0 Å². The number of hydrogen-bond acceptors (Lipinski definition) is 4. The van der Waals surface area contributed by atoms with E-state index in [2.05, 4.69) is 50.4 Å². The van der Waals surface area contributed by atoms with Crippen molar-refractivity contribution >= 4 is 11.6 Å². The maximum atomic E-state index is 5.49. The molecule has 1 N–H and O–H groups in total. The van der Waals surface area contributed by atoms with Gasteiger partial charge >= 0.3 is 0 Å². The highest BCUT2D eigenvalue weighted by Crippen LogP contribution is 2.22. The molecule has 6 nitrogen and oxygen atoms in total. The highest BCUT2D eigenvalue weighted by Gasteiger charge is 2.15. The molecule has 0 unspecified atom stereocenters. The SMILES string of the molecule is CN=C(NCc1ccccc1N1CCOCC1)N(C)Cc1ccccc1OC. The van der Waals surface area contributed by atoms with E-state index in [0.29, 0.717) is 0 Å². The number of benzene rings is 2. The Hall–Kier alpha value is -2.73. The van der Waals surface area contributed by atoms with Gasteiger partial charge in [0.05, 0.1) is 20.3 Å². The summed E-state index contributed by atoms with van der Waals surface area (Å²) in [6, 6.07) is 16.6. The smallest absolute Gasteiger partial charge is 0.193 e. The lowest BCUT2D eigenvalue weighted by Crippen LogP contribution is -2.39. The second-order valence-electron chi connectivity index (χ2n) is 6.80. The number of morpholine rings is 1. The molecular formula is C22H30N4O2. The molecule has 6 heteroatoms. The number of para-hydroxylation sites is 2. The number of rotatable bonds is 6. The lowest BCUT2D eigenvalue weighted by Gasteiger charge is -2.31. The first kappa shape index (κ1) is 20.0. The number of nitrogens with one attached hydrogen (secondary N) is 1. The lowest BCUT2D eigenvalue weighted by molar-refractivity contribution is 0.122. The number of aliphatic imine (C=N–C) groups is 1. The fourth-order valence-electron chi connectivity index (χ4n) is 3.50. The van der Waals surface area contributed by atoms with Gasteiger partial charge in [-0.05, 0) is 17.7 Å². The number of methoxy groups -OCH3 is 1. The van der Waals surface area contributed by atoms with Gasteiger partial charge in [-0.25, -0.2) is 0 Å². The molecular weight excluding hydrogens is 352 g/mol. The summed E-state index contributed by atoms with van der Waals surface area (Å²) in [6.07, 6.45) is 0. The summed E-state index contributed by atoms with van der Waals surface area (Å²) in [6.45, 7) is 4.86. The third kappa shape index (κ3) is 4.95. The Balaban J connectivity index is 1.66. The average molecular weight is 383 g/mol. The van der Waals surface area contributed by atoms with Crippen LogP contribution in [0.2, 0.25) is 0 Å². The van der Waals surface area contributed by atoms with Crippen molar-refractivity contribution in [1.82, 2.24) is 10.2 Å². The van der Waals surface area contributed by atoms with E-state index >= 15 is 0 Å². The van der Waals surface area contributed by atoms with E-state index in [-0.39, 0.29) is 0 Å². The minimum absolute atomic E-state index is 0.717. The Kier molecular flexibility index (Phi) is 7.14. The Bertz CT molecular complexity index is 788. The van der Waals surface area contributed by atoms with Crippen LogP contribution in [0.5, 0.6) is 5.75 Å². The Labute approximate surface area is 167 Å². The summed E-state index contributed by atoms with van der Waals surface area (Å²) in [5.74, 6) is 1.74. The Morgan fingerprint density at radius 1 is 1.11 bits per heavy atom. The molecule has 150 valence electrons. The van der Waals surface area contributed by atoms with Gasteiger partial charge in [-0.2, -0.15) is 0 Å². The maximum Gasteiger partial charge on any atom is 0.193 e. The maximum absolute atomic E-state index is 5.49. The largest absolute Gasteiger partial charge is 0.496 e. The zero-order valence-corrected chi connectivity index (χ0v) is 17.0. The molecule has 0 bridgehead atoms. The van der Waals surface area contributed by atoms with Gasteiger partial charge < -0.3 is 24.6 Å². The van der Waals surface area contributed by atoms with E-state index in [1.54, 1.807) is 7.11 Å². The predicted octanol–water partition coefficient (Wildman–Crippen LogP) is 2.74. The van der Waals surface area contributed by atoms with Crippen molar-refractivity contribution in [2.45, 2.75) is 13.1 Å². The topological polar surface area (TPSA) is 49.3 Å². The molecule has 0 aliphatic carbocycles. The summed E-state index contributed by atoms with van der Waals surface area (Å²) >= 11 is 0. The summed E-state index contributed by atoms with van der Waals surface area (Å²) in [5, 5.41) is 3.50. The highest BCUT2D eigenvalue weighted by atomic mass is 16.5. The summed E-state index contributed by atoms with van der Waals surface area (Å²) in [7, 11) is 5.55. The van der Waals surface area contributed by atoms with Crippen LogP contribution in [0.15, 0.2) is 53.5 Å². The first-order valence-corrected chi connectivity index (χ1v) is 9.67. The molecule has 2 aromatic carbocycles. The second-order valence-corrected chi connectivity index (χ2v) is 6.80. The first-order chi connectivity index (χ1) is 13.7. The van der Waals surface area contributed by atoms with Crippen LogP contribution in [-0.4, -0.2) is 58.4 Å². The molecule has 1 aliphatic heterocycles. The Morgan fingerprint density at radius 2 is 1.79 bits per heavy atom. The van der Waals surface area contributed by atoms with E-state index in [4.69, 9.17) is 9.47 Å². The van der Waals surface area contributed by atoms with Crippen molar-refractivity contribution in [2.24, 2.45) is 4.99 Å². The summed E-state index contributed by atoms with van der Waals surface area (Å²) < 4.78 is 11.0. The van der Waals surface area contributed by atoms with Crippen LogP contribution in [0.3, 0.4) is 0 Å². The summed E-state index contributed by atoms with van der Waals surface area (Å²) in [5.41, 5.74) is 3.65. The molecule has 0 spiro atoms. The minimum atomic E-state index is 0.717. The molecule has 0 aromatic heterocycles. The van der Waals surface area contributed by atoms with Gasteiger partial charge in [-0.3, -0.25) is 4.99 Å². The van der Waals surface area contributed by atoms with Crippen molar-refractivity contribution in [2.75, 3.05) is 52.4 Å². The zero-order valence-electron chi connectivity index (χ0n) is 17.0. The van der Waals surface area contributed by atoms with Gasteiger partial charge in [0.25, 0.3) is 0 Å². The van der Waals surface area contributed by atoms with E-state index in [0.717, 1.165) is 56.7 Å². The summed E-state index contributed by atoms with van der Waals surface area (Å²) in [4.78, 5) is 8.95. The number of guanidine groups is 1. The normalized spacial score (nSPS) is 14.7. The first-order valence-electron chi connectivity index (χ1n) is 9.67. The number of hydrogen-bond donors (Lipinski definition) is 1. The van der Waals surface area contributed by atoms with Crippen molar-refractivity contribution in [1.29, 1.82) is 0 Å². The van der Waals surface area contributed by atoms with Gasteiger partial charge in [0.2, 0.25) is 0 Å². The fourth-order valence-corrected chi connectivity index (χ4v) is 3.50. The highest BCUT2D eigenvalue weighted by molar-refractivity contribution is 5.79. The third-order valence-electron chi connectivity index (χ3n) is 4.95. The quantitative estimate of drug-likeness (QED) is 0.615. The second kappa shape index (κ2) is 9.99. The van der Waals surface area contributed by atoms with Crippen molar-refractivity contribution in [3.05, 3.63) is 59.7 Å². The van der Waals surface area contributed by atoms with Crippen molar-refractivity contribution in [3.8, 4) is 5.75 Å². The zero-order chi connectivity index (χ0) is 19.8. The molecule has 2 aromatic rings. The van der Waals surface area contributed by atoms with Crippen LogP contribution in [0.25, 0.3) is 0 Å². The molecule has 1 saturated heterocycles. The Morgan fingerprint density at radius 3 is 2.50 bits per heavy atom. The molecule has 0 atom stereocenters. The molecule has 1 heterocycles. The standard InChI is InChI=1S/C22H30N4O2/c1-23-22(25(2)17-19-9-5-7-11-21(19)27-3)24-16-18-8-4-6-10-20(18)26-12-14-28-15-13-26/h4-11H,12-17H2,1-3H3,(H,23,24). The molecule has 1 fully saturated rings. The number of nitrogens with zero attached hydrogens (tertiary/aromatic N) is 3. The van der Waals surface area contributed by atoms with Crippen LogP contribution < -0.4 is 15.0 Å². The minimum Gasteiger partial charge on any atom is -0.496 e. The molecule has 0 radical (unpaired) electrons. The van der Waals surface area contributed by atoms with Crippen LogP contribution >= 0.6 is 0 Å². The fraction of sp³-hybridized carbons (Fsp3) is 0.409. The van der Waals surface area contributed by atoms with E-state index in [1.807, 2.05) is 32.3 Å². The molecule has 28 heavy (non-hydrogen) atoms. The van der Waals surface area contributed by atoms with Crippen LogP contribution in [0, 0.1) is 0 Å². The van der Waals surface area contributed by atoms with Gasteiger partial charge in [0, 0.05) is 51.5 Å². The number of ether oxygens (including phenoxy) is 2. The van der Waals surface area contributed by atoms with Crippen LogP contribution in [0.4, 0.5) is 5.69 Å². The lowest BCUT2D eigenvalue weighted by atomic mass is 10.1. The van der Waals surface area contributed by atoms with Gasteiger partial charge in [-0.1, -0.05) is 36.4 Å². The van der Waals surface area contributed by atoms with Crippen LogP contribution in [-0.2, 0) is 17.8 Å². The van der Waals surface area contributed by atoms with E-state index < -0.39 is 0 Å². The molecule has 3 rings (SSSR count). The van der Waals surface area contributed by atoms with Crippen LogP contribution in [0.1, 0.15) is 11.1 Å². The van der Waals surface area contributed by atoms with Gasteiger partial charge in [0.15, 0.2) is 5.96 Å². The number of anilines is 1. The van der Waals surface area contributed by atoms with Crippen molar-refractivity contribution < 1.29 is 9.47 Å². The molecule has 0 amide bonds. The average Bonchev–Trinajstić information content (AvgIpc) is 2.75. The predicted molar refractivity (Wildman–Crippen MR) is 114 cm³/mol. The van der Waals surface area contributed by atoms with Crippen molar-refractivity contribution in [3.63, 3.8) is 0 Å².